The fraction of sp³-hybridized carbons (Fsp3) is 0.556. The van der Waals surface area contributed by atoms with Gasteiger partial charge in [0.1, 0.15) is 6.04 Å². The van der Waals surface area contributed by atoms with Crippen LogP contribution in [0, 0.1) is 5.92 Å². The van der Waals surface area contributed by atoms with Gasteiger partial charge in [-0.15, -0.1) is 0 Å². The van der Waals surface area contributed by atoms with Crippen LogP contribution < -0.4 is 5.73 Å². The van der Waals surface area contributed by atoms with E-state index in [-0.39, 0.29) is 43.8 Å². The first kappa shape index (κ1) is 21.0. The predicted octanol–water partition coefficient (Wildman–Crippen LogP) is 2.53. The number of benzene rings is 1. The average molecular weight is 387 g/mol. The lowest BCUT2D eigenvalue weighted by Gasteiger charge is -2.37. The number of hydrogen-bond acceptors (Lipinski definition) is 5. The van der Waals surface area contributed by atoms with Gasteiger partial charge in [-0.25, -0.2) is 0 Å². The van der Waals surface area contributed by atoms with Crippen LogP contribution in [0.4, 0.5) is 13.2 Å². The molecular weight excluding hydrogens is 363 g/mol. The minimum atomic E-state index is -4.39. The van der Waals surface area contributed by atoms with Crippen molar-refractivity contribution in [1.82, 2.24) is 4.90 Å². The molecule has 150 valence electrons. The van der Waals surface area contributed by atoms with Crippen LogP contribution in [0.25, 0.3) is 0 Å². The summed E-state index contributed by atoms with van der Waals surface area (Å²) in [5.74, 6) is -0.774. The van der Waals surface area contributed by atoms with Crippen LogP contribution in [-0.2, 0) is 16.0 Å². The zero-order chi connectivity index (χ0) is 20.0. The summed E-state index contributed by atoms with van der Waals surface area (Å²) in [6, 6.07) is 4.49. The third-order valence-corrected chi connectivity index (χ3v) is 4.75. The first-order valence-electron chi connectivity index (χ1n) is 8.80. The van der Waals surface area contributed by atoms with Crippen molar-refractivity contribution < 1.29 is 27.9 Å². The van der Waals surface area contributed by atoms with E-state index < -0.39 is 12.2 Å². The minimum absolute atomic E-state index is 0.102. The second-order valence-corrected chi connectivity index (χ2v) is 6.51. The van der Waals surface area contributed by atoms with Gasteiger partial charge >= 0.3 is 12.1 Å². The normalized spacial score (nSPS) is 18.3. The Morgan fingerprint density at radius 3 is 2.41 bits per heavy atom. The highest BCUT2D eigenvalue weighted by atomic mass is 19.4. The van der Waals surface area contributed by atoms with E-state index >= 15 is 0 Å². The molecule has 1 fully saturated rings. The molecule has 1 aliphatic rings. The lowest BCUT2D eigenvalue weighted by molar-refractivity contribution is -0.187. The number of halogens is 3. The molecule has 0 bridgehead atoms. The van der Waals surface area contributed by atoms with Gasteiger partial charge in [0.15, 0.2) is 5.84 Å². The number of carbonyl (C=O) groups excluding carboxylic acids is 1. The molecule has 0 radical (unpaired) electrons. The molecule has 3 N–H and O–H groups in total. The van der Waals surface area contributed by atoms with Crippen LogP contribution in [0.5, 0.6) is 0 Å². The number of esters is 1. The minimum Gasteiger partial charge on any atom is -0.466 e. The van der Waals surface area contributed by atoms with Crippen molar-refractivity contribution in [1.29, 1.82) is 0 Å². The molecular formula is C18H24F3N3O3. The van der Waals surface area contributed by atoms with Crippen LogP contribution in [0.3, 0.4) is 0 Å². The van der Waals surface area contributed by atoms with Crippen LogP contribution in [0.2, 0.25) is 0 Å². The Bertz CT molecular complexity index is 654. The molecule has 2 rings (SSSR count). The molecule has 1 aromatic carbocycles. The predicted molar refractivity (Wildman–Crippen MR) is 93.4 cm³/mol. The van der Waals surface area contributed by atoms with Crippen LogP contribution in [0.15, 0.2) is 29.4 Å². The van der Waals surface area contributed by atoms with E-state index in [1.807, 2.05) is 0 Å². The summed E-state index contributed by atoms with van der Waals surface area (Å²) in [5, 5.41) is 11.5. The number of piperidine rings is 1. The van der Waals surface area contributed by atoms with E-state index in [0.29, 0.717) is 24.0 Å². The molecule has 1 saturated heterocycles. The Morgan fingerprint density at radius 1 is 1.33 bits per heavy atom. The number of nitrogens with zero attached hydrogens (tertiary/aromatic N) is 2. The largest absolute Gasteiger partial charge is 0.466 e. The van der Waals surface area contributed by atoms with E-state index in [0.717, 1.165) is 0 Å². The summed E-state index contributed by atoms with van der Waals surface area (Å²) >= 11 is 0. The summed E-state index contributed by atoms with van der Waals surface area (Å²) in [7, 11) is 0. The highest BCUT2D eigenvalue weighted by Crippen LogP contribution is 2.31. The number of ether oxygens (including phenoxy) is 1. The Kier molecular flexibility index (Phi) is 7.06. The van der Waals surface area contributed by atoms with E-state index in [1.54, 1.807) is 6.92 Å². The molecule has 0 aliphatic carbocycles. The lowest BCUT2D eigenvalue weighted by Crippen LogP contribution is -2.51. The maximum absolute atomic E-state index is 13.6. The van der Waals surface area contributed by atoms with Crippen molar-refractivity contribution in [2.45, 2.75) is 38.4 Å². The Balaban J connectivity index is 2.05. The molecule has 1 unspecified atom stereocenters. The van der Waals surface area contributed by atoms with Crippen molar-refractivity contribution in [3.63, 3.8) is 0 Å². The molecule has 6 nitrogen and oxygen atoms in total. The van der Waals surface area contributed by atoms with Crippen LogP contribution >= 0.6 is 0 Å². The van der Waals surface area contributed by atoms with E-state index in [9.17, 15) is 18.0 Å². The highest BCUT2D eigenvalue weighted by molar-refractivity contribution is 5.96. The second-order valence-electron chi connectivity index (χ2n) is 6.51. The fourth-order valence-corrected chi connectivity index (χ4v) is 3.25. The topological polar surface area (TPSA) is 88.2 Å². The third-order valence-electron chi connectivity index (χ3n) is 4.75. The van der Waals surface area contributed by atoms with E-state index in [2.05, 4.69) is 5.16 Å². The highest BCUT2D eigenvalue weighted by Gasteiger charge is 2.44. The molecule has 1 heterocycles. The van der Waals surface area contributed by atoms with Crippen molar-refractivity contribution >= 4 is 11.8 Å². The number of carbonyl (C=O) groups is 1. The van der Waals surface area contributed by atoms with E-state index in [1.165, 1.54) is 29.2 Å². The fourth-order valence-electron chi connectivity index (χ4n) is 3.25. The monoisotopic (exact) mass is 387 g/mol. The van der Waals surface area contributed by atoms with Crippen molar-refractivity contribution in [2.24, 2.45) is 16.8 Å². The van der Waals surface area contributed by atoms with Gasteiger partial charge < -0.3 is 15.7 Å². The van der Waals surface area contributed by atoms with Crippen molar-refractivity contribution in [3.05, 3.63) is 35.4 Å². The van der Waals surface area contributed by atoms with Gasteiger partial charge in [-0.1, -0.05) is 29.4 Å². The number of likely N-dealkylation sites (tertiary alicyclic amines) is 1. The lowest BCUT2D eigenvalue weighted by atomic mass is 9.94. The van der Waals surface area contributed by atoms with Crippen LogP contribution in [-0.4, -0.2) is 53.8 Å². The first-order chi connectivity index (χ1) is 12.8. The van der Waals surface area contributed by atoms with Gasteiger partial charge in [0.05, 0.1) is 12.5 Å². The number of amidine groups is 1. The maximum atomic E-state index is 13.6. The average Bonchev–Trinajstić information content (AvgIpc) is 2.65. The number of alkyl halides is 3. The molecule has 0 aromatic heterocycles. The molecule has 27 heavy (non-hydrogen) atoms. The molecule has 9 heteroatoms. The Labute approximate surface area is 155 Å². The first-order valence-corrected chi connectivity index (χ1v) is 8.80. The summed E-state index contributed by atoms with van der Waals surface area (Å²) in [5.41, 5.74) is 6.39. The Morgan fingerprint density at radius 2 is 1.93 bits per heavy atom. The maximum Gasteiger partial charge on any atom is 0.404 e. The summed E-state index contributed by atoms with van der Waals surface area (Å²) in [6.07, 6.45) is -3.88. The Hall–Kier alpha value is -2.29. The van der Waals surface area contributed by atoms with Gasteiger partial charge in [-0.3, -0.25) is 9.69 Å². The van der Waals surface area contributed by atoms with Crippen molar-refractivity contribution in [3.8, 4) is 0 Å². The molecule has 0 spiro atoms. The number of nitrogens with two attached hydrogens (primary N) is 1. The number of oxime groups is 1. The van der Waals surface area contributed by atoms with Gasteiger partial charge in [0.25, 0.3) is 0 Å². The van der Waals surface area contributed by atoms with Gasteiger partial charge in [0, 0.05) is 5.56 Å². The SMILES string of the molecule is CCOC(=O)C1CCN(C(Cc2ccc(C(N)=NO)cc2)C(F)(F)F)CC1. The quantitative estimate of drug-likeness (QED) is 0.257. The molecule has 0 saturated carbocycles. The standard InChI is InChI=1S/C18H24F3N3O3/c1-2-27-17(25)14-7-9-24(10-8-14)15(18(19,20)21)11-12-3-5-13(6-4-12)16(22)23-26/h3-6,14-15,26H,2,7-11H2,1H3,(H2,22,23). The van der Waals surface area contributed by atoms with Gasteiger partial charge in [-0.05, 0) is 44.8 Å². The molecule has 1 atom stereocenters. The molecule has 1 aliphatic heterocycles. The van der Waals surface area contributed by atoms with Crippen molar-refractivity contribution in [2.75, 3.05) is 19.7 Å². The van der Waals surface area contributed by atoms with Gasteiger partial charge in [0.2, 0.25) is 0 Å². The van der Waals surface area contributed by atoms with Gasteiger partial charge in [-0.2, -0.15) is 13.2 Å². The zero-order valence-electron chi connectivity index (χ0n) is 15.1. The van der Waals surface area contributed by atoms with E-state index in [4.69, 9.17) is 15.7 Å². The number of hydrogen-bond donors (Lipinski definition) is 2. The summed E-state index contributed by atoms with van der Waals surface area (Å²) < 4.78 is 45.8. The third kappa shape index (κ3) is 5.59. The van der Waals surface area contributed by atoms with Crippen LogP contribution in [0.1, 0.15) is 30.9 Å². The smallest absolute Gasteiger partial charge is 0.404 e. The number of rotatable bonds is 6. The molecule has 0 amide bonds. The summed E-state index contributed by atoms with van der Waals surface area (Å²) in [4.78, 5) is 13.2. The second kappa shape index (κ2) is 9.07. The summed E-state index contributed by atoms with van der Waals surface area (Å²) in [6.45, 7) is 2.36. The molecule has 1 aromatic rings. The zero-order valence-corrected chi connectivity index (χ0v) is 15.1.